The molecule has 2 fully saturated rings. The van der Waals surface area contributed by atoms with E-state index in [1.807, 2.05) is 11.8 Å². The Balaban J connectivity index is 1.98. The number of nitrogens with zero attached hydrogens (tertiary/aromatic N) is 1. The van der Waals surface area contributed by atoms with Crippen molar-refractivity contribution in [1.82, 2.24) is 4.90 Å². The van der Waals surface area contributed by atoms with Gasteiger partial charge in [-0.25, -0.2) is 0 Å². The molecule has 2 aliphatic heterocycles. The molecule has 16 heavy (non-hydrogen) atoms. The molecule has 2 unspecified atom stereocenters. The zero-order valence-electron chi connectivity index (χ0n) is 9.95. The van der Waals surface area contributed by atoms with E-state index in [1.54, 1.807) is 0 Å². The van der Waals surface area contributed by atoms with Crippen LogP contribution in [-0.2, 0) is 9.53 Å². The van der Waals surface area contributed by atoms with Crippen molar-refractivity contribution in [1.29, 1.82) is 0 Å². The molecule has 2 heterocycles. The largest absolute Gasteiger partial charge is 0.396 e. The van der Waals surface area contributed by atoms with Crippen molar-refractivity contribution in [2.45, 2.75) is 38.2 Å². The summed E-state index contributed by atoms with van der Waals surface area (Å²) in [5, 5.41) is 9.15. The predicted molar refractivity (Wildman–Crippen MR) is 60.0 cm³/mol. The van der Waals surface area contributed by atoms with E-state index >= 15 is 0 Å². The number of carbonyl (C=O) groups is 1. The summed E-state index contributed by atoms with van der Waals surface area (Å²) >= 11 is 0. The van der Waals surface area contributed by atoms with E-state index in [1.165, 1.54) is 0 Å². The lowest BCUT2D eigenvalue weighted by atomic mass is 9.95. The summed E-state index contributed by atoms with van der Waals surface area (Å²) < 4.78 is 5.57. The molecule has 4 nitrogen and oxygen atoms in total. The van der Waals surface area contributed by atoms with Crippen LogP contribution in [0.5, 0.6) is 0 Å². The first-order valence-corrected chi connectivity index (χ1v) is 6.20. The standard InChI is InChI=1S/C12H21NO3/c1-12(5-3-7-16-12)11(15)13-6-2-4-10(8-13)9-14/h10,14H,2-9H2,1H3. The van der Waals surface area contributed by atoms with Gasteiger partial charge in [0.2, 0.25) is 0 Å². The fraction of sp³-hybridized carbons (Fsp3) is 0.917. The highest BCUT2D eigenvalue weighted by Gasteiger charge is 2.41. The van der Waals surface area contributed by atoms with Gasteiger partial charge in [-0.05, 0) is 38.5 Å². The summed E-state index contributed by atoms with van der Waals surface area (Å²) in [5.41, 5.74) is -0.600. The van der Waals surface area contributed by atoms with Gasteiger partial charge in [0.1, 0.15) is 5.60 Å². The van der Waals surface area contributed by atoms with Crippen molar-refractivity contribution in [3.8, 4) is 0 Å². The fourth-order valence-electron chi connectivity index (χ4n) is 2.68. The van der Waals surface area contributed by atoms with Gasteiger partial charge in [0.25, 0.3) is 5.91 Å². The van der Waals surface area contributed by atoms with Gasteiger partial charge in [-0.15, -0.1) is 0 Å². The molecule has 0 aromatic heterocycles. The maximum Gasteiger partial charge on any atom is 0.254 e. The maximum atomic E-state index is 12.3. The van der Waals surface area contributed by atoms with Crippen LogP contribution < -0.4 is 0 Å². The van der Waals surface area contributed by atoms with Crippen LogP contribution in [0.4, 0.5) is 0 Å². The van der Waals surface area contributed by atoms with Gasteiger partial charge in [0.05, 0.1) is 0 Å². The van der Waals surface area contributed by atoms with E-state index in [9.17, 15) is 4.79 Å². The zero-order valence-corrected chi connectivity index (χ0v) is 9.95. The van der Waals surface area contributed by atoms with E-state index in [2.05, 4.69) is 0 Å². The van der Waals surface area contributed by atoms with Gasteiger partial charge >= 0.3 is 0 Å². The summed E-state index contributed by atoms with van der Waals surface area (Å²) in [4.78, 5) is 14.2. The van der Waals surface area contributed by atoms with E-state index in [4.69, 9.17) is 9.84 Å². The van der Waals surface area contributed by atoms with Crippen molar-refractivity contribution in [3.63, 3.8) is 0 Å². The van der Waals surface area contributed by atoms with Crippen molar-refractivity contribution >= 4 is 5.91 Å². The first kappa shape index (κ1) is 11.9. The van der Waals surface area contributed by atoms with E-state index in [0.29, 0.717) is 13.2 Å². The third kappa shape index (κ3) is 2.23. The van der Waals surface area contributed by atoms with Crippen LogP contribution in [0.2, 0.25) is 0 Å². The number of aliphatic hydroxyl groups excluding tert-OH is 1. The number of aliphatic hydroxyl groups is 1. The lowest BCUT2D eigenvalue weighted by Crippen LogP contribution is -2.50. The minimum atomic E-state index is -0.600. The SMILES string of the molecule is CC1(C(=O)N2CCCC(CO)C2)CCCO1. The molecule has 0 bridgehead atoms. The van der Waals surface area contributed by atoms with Gasteiger partial charge in [-0.3, -0.25) is 4.79 Å². The van der Waals surface area contributed by atoms with E-state index in [0.717, 1.165) is 32.2 Å². The minimum absolute atomic E-state index is 0.114. The van der Waals surface area contributed by atoms with Gasteiger partial charge in [-0.2, -0.15) is 0 Å². The van der Waals surface area contributed by atoms with Gasteiger partial charge in [0, 0.05) is 26.3 Å². The second kappa shape index (κ2) is 4.72. The van der Waals surface area contributed by atoms with Crippen LogP contribution in [0, 0.1) is 5.92 Å². The zero-order chi connectivity index (χ0) is 11.6. The molecule has 0 spiro atoms. The third-order valence-electron chi connectivity index (χ3n) is 3.74. The van der Waals surface area contributed by atoms with Gasteiger partial charge in [0.15, 0.2) is 0 Å². The van der Waals surface area contributed by atoms with Crippen LogP contribution in [0.1, 0.15) is 32.6 Å². The summed E-state index contributed by atoms with van der Waals surface area (Å²) in [6, 6.07) is 0. The summed E-state index contributed by atoms with van der Waals surface area (Å²) in [6.07, 6.45) is 3.82. The molecule has 2 aliphatic rings. The highest BCUT2D eigenvalue weighted by atomic mass is 16.5. The Kier molecular flexibility index (Phi) is 3.50. The molecule has 4 heteroatoms. The lowest BCUT2D eigenvalue weighted by molar-refractivity contribution is -0.153. The highest BCUT2D eigenvalue weighted by Crippen LogP contribution is 2.29. The Hall–Kier alpha value is -0.610. The van der Waals surface area contributed by atoms with Crippen molar-refractivity contribution in [3.05, 3.63) is 0 Å². The predicted octanol–water partition coefficient (Wildman–Crippen LogP) is 0.786. The molecule has 0 aromatic rings. The van der Waals surface area contributed by atoms with Crippen LogP contribution >= 0.6 is 0 Å². The summed E-state index contributed by atoms with van der Waals surface area (Å²) in [5.74, 6) is 0.367. The minimum Gasteiger partial charge on any atom is -0.396 e. The van der Waals surface area contributed by atoms with Crippen molar-refractivity contribution in [2.75, 3.05) is 26.3 Å². The number of hydrogen-bond acceptors (Lipinski definition) is 3. The Bertz CT molecular complexity index is 261. The monoisotopic (exact) mass is 227 g/mol. The smallest absolute Gasteiger partial charge is 0.254 e. The molecule has 0 saturated carbocycles. The Morgan fingerprint density at radius 3 is 3.00 bits per heavy atom. The summed E-state index contributed by atoms with van der Waals surface area (Å²) in [7, 11) is 0. The van der Waals surface area contributed by atoms with Gasteiger partial charge < -0.3 is 14.7 Å². The number of likely N-dealkylation sites (tertiary alicyclic amines) is 1. The lowest BCUT2D eigenvalue weighted by Gasteiger charge is -2.36. The molecule has 2 rings (SSSR count). The van der Waals surface area contributed by atoms with Crippen LogP contribution in [0.3, 0.4) is 0 Å². The van der Waals surface area contributed by atoms with Crippen molar-refractivity contribution < 1.29 is 14.6 Å². The topological polar surface area (TPSA) is 49.8 Å². The molecular formula is C12H21NO3. The van der Waals surface area contributed by atoms with Crippen LogP contribution in [0.15, 0.2) is 0 Å². The second-order valence-corrected chi connectivity index (χ2v) is 5.12. The molecule has 1 N–H and O–H groups in total. The Labute approximate surface area is 96.6 Å². The number of amides is 1. The number of piperidine rings is 1. The highest BCUT2D eigenvalue weighted by molar-refractivity contribution is 5.85. The number of hydrogen-bond donors (Lipinski definition) is 1. The first-order valence-electron chi connectivity index (χ1n) is 6.20. The molecule has 0 aromatic carbocycles. The average Bonchev–Trinajstić information content (AvgIpc) is 2.76. The third-order valence-corrected chi connectivity index (χ3v) is 3.74. The van der Waals surface area contributed by atoms with Crippen LogP contribution in [0.25, 0.3) is 0 Å². The Morgan fingerprint density at radius 2 is 2.38 bits per heavy atom. The maximum absolute atomic E-state index is 12.3. The molecule has 1 amide bonds. The van der Waals surface area contributed by atoms with Crippen LogP contribution in [-0.4, -0.2) is 47.8 Å². The van der Waals surface area contributed by atoms with Gasteiger partial charge in [-0.1, -0.05) is 0 Å². The molecule has 0 aliphatic carbocycles. The quantitative estimate of drug-likeness (QED) is 0.758. The molecule has 0 radical (unpaired) electrons. The molecule has 2 atom stereocenters. The fourth-order valence-corrected chi connectivity index (χ4v) is 2.68. The molecule has 92 valence electrons. The number of rotatable bonds is 2. The Morgan fingerprint density at radius 1 is 1.56 bits per heavy atom. The number of ether oxygens (including phenoxy) is 1. The molecule has 2 saturated heterocycles. The van der Waals surface area contributed by atoms with E-state index < -0.39 is 5.60 Å². The van der Waals surface area contributed by atoms with E-state index in [-0.39, 0.29) is 18.4 Å². The number of carbonyl (C=O) groups excluding carboxylic acids is 1. The normalized spacial score (nSPS) is 35.4. The molecular weight excluding hydrogens is 206 g/mol. The first-order chi connectivity index (χ1) is 7.65. The second-order valence-electron chi connectivity index (χ2n) is 5.12. The average molecular weight is 227 g/mol. The van der Waals surface area contributed by atoms with Crippen molar-refractivity contribution in [2.24, 2.45) is 5.92 Å². The summed E-state index contributed by atoms with van der Waals surface area (Å²) in [6.45, 7) is 4.27.